The van der Waals surface area contributed by atoms with Crippen LogP contribution in [0.1, 0.15) is 37.9 Å². The van der Waals surface area contributed by atoms with E-state index in [0.29, 0.717) is 5.92 Å². The molecule has 20 heavy (non-hydrogen) atoms. The first kappa shape index (κ1) is 11.7. The van der Waals surface area contributed by atoms with Crippen molar-refractivity contribution < 1.29 is 0 Å². The van der Waals surface area contributed by atoms with Gasteiger partial charge in [-0.3, -0.25) is 0 Å². The molecule has 0 saturated heterocycles. The first-order valence-corrected chi connectivity index (χ1v) is 7.38. The Hall–Kier alpha value is -2.10. The number of aromatic nitrogens is 4. The number of hydrogen-bond acceptors (Lipinski definition) is 2. The molecular weight excluding hydrogens is 248 g/mol. The summed E-state index contributed by atoms with van der Waals surface area (Å²) in [5.41, 5.74) is 2.31. The summed E-state index contributed by atoms with van der Waals surface area (Å²) < 4.78 is 2.07. The maximum atomic E-state index is 4.82. The van der Waals surface area contributed by atoms with Crippen molar-refractivity contribution in [3.8, 4) is 11.4 Å². The van der Waals surface area contributed by atoms with Gasteiger partial charge in [-0.05, 0) is 25.3 Å². The molecule has 2 heterocycles. The maximum absolute atomic E-state index is 4.82. The largest absolute Gasteiger partial charge is 0.360 e. The lowest BCUT2D eigenvalue weighted by atomic mass is 10.1. The number of aromatic amines is 1. The van der Waals surface area contributed by atoms with Crippen LogP contribution in [0.4, 0.5) is 0 Å². The third kappa shape index (κ3) is 1.83. The van der Waals surface area contributed by atoms with E-state index in [1.807, 2.05) is 0 Å². The summed E-state index contributed by atoms with van der Waals surface area (Å²) in [4.78, 5) is 8.14. The van der Waals surface area contributed by atoms with Crippen LogP contribution in [0.3, 0.4) is 0 Å². The van der Waals surface area contributed by atoms with Crippen LogP contribution in [-0.2, 0) is 6.54 Å². The van der Waals surface area contributed by atoms with Crippen LogP contribution in [0, 0.1) is 0 Å². The first-order chi connectivity index (χ1) is 9.86. The van der Waals surface area contributed by atoms with Crippen molar-refractivity contribution in [2.45, 2.75) is 38.6 Å². The Morgan fingerprint density at radius 1 is 1.30 bits per heavy atom. The van der Waals surface area contributed by atoms with Gasteiger partial charge in [0.15, 0.2) is 11.6 Å². The molecule has 0 aliphatic heterocycles. The molecule has 0 bridgehead atoms. The second-order valence-electron chi connectivity index (χ2n) is 5.54. The molecule has 1 saturated carbocycles. The molecule has 4 nitrogen and oxygen atoms in total. The molecule has 4 rings (SSSR count). The minimum absolute atomic E-state index is 0.595. The van der Waals surface area contributed by atoms with Gasteiger partial charge in [-0.2, -0.15) is 5.10 Å². The molecule has 2 aromatic heterocycles. The van der Waals surface area contributed by atoms with Crippen molar-refractivity contribution in [1.29, 1.82) is 0 Å². The van der Waals surface area contributed by atoms with Gasteiger partial charge in [-0.15, -0.1) is 0 Å². The van der Waals surface area contributed by atoms with Gasteiger partial charge < -0.3 is 4.98 Å². The predicted octanol–water partition coefficient (Wildman–Crippen LogP) is 3.71. The minimum atomic E-state index is 0.595. The molecule has 1 aromatic carbocycles. The van der Waals surface area contributed by atoms with Gasteiger partial charge in [-0.25, -0.2) is 9.67 Å². The van der Waals surface area contributed by atoms with Crippen LogP contribution in [0.15, 0.2) is 30.5 Å². The van der Waals surface area contributed by atoms with Crippen LogP contribution in [0.25, 0.3) is 22.3 Å². The van der Waals surface area contributed by atoms with E-state index in [1.165, 1.54) is 18.2 Å². The van der Waals surface area contributed by atoms with Gasteiger partial charge in [0.2, 0.25) is 0 Å². The number of nitrogens with one attached hydrogen (secondary N) is 1. The zero-order valence-corrected chi connectivity index (χ0v) is 11.6. The quantitative estimate of drug-likeness (QED) is 0.782. The van der Waals surface area contributed by atoms with Crippen LogP contribution in [-0.4, -0.2) is 19.7 Å². The van der Waals surface area contributed by atoms with Crippen molar-refractivity contribution in [1.82, 2.24) is 19.7 Å². The van der Waals surface area contributed by atoms with Crippen LogP contribution in [0.5, 0.6) is 0 Å². The Morgan fingerprint density at radius 3 is 2.95 bits per heavy atom. The summed E-state index contributed by atoms with van der Waals surface area (Å²) in [5.74, 6) is 2.63. The number of nitrogens with zero attached hydrogens (tertiary/aromatic N) is 3. The minimum Gasteiger partial charge on any atom is -0.360 e. The lowest BCUT2D eigenvalue weighted by molar-refractivity contribution is 0.600. The average Bonchev–Trinajstić information content (AvgIpc) is 3.10. The fourth-order valence-corrected chi connectivity index (χ4v) is 2.70. The molecule has 1 fully saturated rings. The highest BCUT2D eigenvalue weighted by atomic mass is 15.3. The van der Waals surface area contributed by atoms with Gasteiger partial charge in [0.25, 0.3) is 0 Å². The Balaban J connectivity index is 1.87. The number of fused-ring (bicyclic) bond motifs is 1. The van der Waals surface area contributed by atoms with Crippen molar-refractivity contribution in [3.63, 3.8) is 0 Å². The molecule has 4 heteroatoms. The summed E-state index contributed by atoms with van der Waals surface area (Å²) in [7, 11) is 0. The lowest BCUT2D eigenvalue weighted by Crippen LogP contribution is -2.01. The molecule has 1 aliphatic rings. The lowest BCUT2D eigenvalue weighted by Gasteiger charge is -2.02. The molecule has 1 aliphatic carbocycles. The molecule has 0 amide bonds. The number of hydrogen-bond donors (Lipinski definition) is 1. The molecule has 0 spiro atoms. The fraction of sp³-hybridized carbons (Fsp3) is 0.375. The van der Waals surface area contributed by atoms with Crippen LogP contribution < -0.4 is 0 Å². The Kier molecular flexibility index (Phi) is 2.62. The van der Waals surface area contributed by atoms with Crippen LogP contribution in [0.2, 0.25) is 0 Å². The van der Waals surface area contributed by atoms with E-state index >= 15 is 0 Å². The van der Waals surface area contributed by atoms with Gasteiger partial charge in [0, 0.05) is 35.1 Å². The summed E-state index contributed by atoms with van der Waals surface area (Å²) in [5, 5.41) is 5.94. The van der Waals surface area contributed by atoms with E-state index in [2.05, 4.69) is 47.1 Å². The van der Waals surface area contributed by atoms with Crippen molar-refractivity contribution >= 4 is 10.9 Å². The monoisotopic (exact) mass is 266 g/mol. The Labute approximate surface area is 117 Å². The second kappa shape index (κ2) is 4.47. The number of benzene rings is 1. The molecule has 0 radical (unpaired) electrons. The highest BCUT2D eigenvalue weighted by Crippen LogP contribution is 2.39. The summed E-state index contributed by atoms with van der Waals surface area (Å²) in [6, 6.07) is 8.36. The van der Waals surface area contributed by atoms with Gasteiger partial charge >= 0.3 is 0 Å². The Bertz CT molecular complexity index is 749. The third-order valence-electron chi connectivity index (χ3n) is 3.90. The number of aryl methyl sites for hydroxylation is 1. The second-order valence-corrected chi connectivity index (χ2v) is 5.54. The van der Waals surface area contributed by atoms with Gasteiger partial charge in [0.1, 0.15) is 0 Å². The summed E-state index contributed by atoms with van der Waals surface area (Å²) in [6.07, 6.45) is 5.60. The van der Waals surface area contributed by atoms with E-state index in [-0.39, 0.29) is 0 Å². The van der Waals surface area contributed by atoms with E-state index < -0.39 is 0 Å². The summed E-state index contributed by atoms with van der Waals surface area (Å²) in [6.45, 7) is 3.10. The average molecular weight is 266 g/mol. The standard InChI is InChI=1S/C16H18N4/c1-2-9-20-16(18-15(19-20)11-7-8-11)13-10-17-14-6-4-3-5-12(13)14/h3-6,10-11,17H,2,7-9H2,1H3. The first-order valence-electron chi connectivity index (χ1n) is 7.38. The highest BCUT2D eigenvalue weighted by molar-refractivity contribution is 5.93. The SMILES string of the molecule is CCCn1nc(C2CC2)nc1-c1c[nH]c2ccccc12. The maximum Gasteiger partial charge on any atom is 0.160 e. The zero-order valence-electron chi connectivity index (χ0n) is 11.6. The number of para-hydroxylation sites is 1. The Morgan fingerprint density at radius 2 is 2.15 bits per heavy atom. The van der Waals surface area contributed by atoms with E-state index in [1.54, 1.807) is 0 Å². The van der Waals surface area contributed by atoms with Gasteiger partial charge in [0.05, 0.1) is 0 Å². The zero-order chi connectivity index (χ0) is 13.5. The molecular formula is C16H18N4. The fourth-order valence-electron chi connectivity index (χ4n) is 2.70. The van der Waals surface area contributed by atoms with Crippen LogP contribution >= 0.6 is 0 Å². The predicted molar refractivity (Wildman–Crippen MR) is 79.6 cm³/mol. The van der Waals surface area contributed by atoms with Crippen molar-refractivity contribution in [2.24, 2.45) is 0 Å². The van der Waals surface area contributed by atoms with E-state index in [4.69, 9.17) is 10.1 Å². The number of rotatable bonds is 4. The molecule has 3 aromatic rings. The molecule has 0 unspecified atom stereocenters. The molecule has 102 valence electrons. The molecule has 1 N–H and O–H groups in total. The molecule has 0 atom stereocenters. The van der Waals surface area contributed by atoms with Crippen molar-refractivity contribution in [2.75, 3.05) is 0 Å². The topological polar surface area (TPSA) is 46.5 Å². The van der Waals surface area contributed by atoms with E-state index in [0.717, 1.165) is 35.7 Å². The normalized spacial score (nSPS) is 15.1. The highest BCUT2D eigenvalue weighted by Gasteiger charge is 2.29. The summed E-state index contributed by atoms with van der Waals surface area (Å²) >= 11 is 0. The number of H-pyrrole nitrogens is 1. The third-order valence-corrected chi connectivity index (χ3v) is 3.90. The van der Waals surface area contributed by atoms with E-state index in [9.17, 15) is 0 Å². The van der Waals surface area contributed by atoms with Crippen molar-refractivity contribution in [3.05, 3.63) is 36.3 Å². The van der Waals surface area contributed by atoms with Gasteiger partial charge in [-0.1, -0.05) is 25.1 Å². The smallest absolute Gasteiger partial charge is 0.160 e.